The number of nitrogen functional groups attached to an aromatic ring is 1. The van der Waals surface area contributed by atoms with E-state index in [4.69, 9.17) is 15.3 Å². The van der Waals surface area contributed by atoms with Gasteiger partial charge in [0.15, 0.2) is 0 Å². The minimum atomic E-state index is -0.538. The molecule has 76 valence electrons. The van der Waals surface area contributed by atoms with E-state index in [-0.39, 0.29) is 17.6 Å². The number of methoxy groups -OCH3 is 2. The number of hydrazine groups is 1. The van der Waals surface area contributed by atoms with Gasteiger partial charge in [0, 0.05) is 6.07 Å². The largest absolute Gasteiger partial charge is 0.481 e. The van der Waals surface area contributed by atoms with Crippen molar-refractivity contribution in [2.45, 2.75) is 0 Å². The molecule has 7 heteroatoms. The third kappa shape index (κ3) is 2.07. The van der Waals surface area contributed by atoms with Gasteiger partial charge in [-0.2, -0.15) is 9.97 Å². The molecule has 1 amide bonds. The first-order valence-corrected chi connectivity index (χ1v) is 3.69. The van der Waals surface area contributed by atoms with Crippen LogP contribution < -0.4 is 20.7 Å². The van der Waals surface area contributed by atoms with Crippen LogP contribution in [-0.4, -0.2) is 30.1 Å². The SMILES string of the molecule is COc1cc(C(=O)NN)nc(OC)n1. The number of amides is 1. The molecule has 0 unspecified atom stereocenters. The number of ether oxygens (including phenoxy) is 2. The lowest BCUT2D eigenvalue weighted by Crippen LogP contribution is -2.30. The predicted octanol–water partition coefficient (Wildman–Crippen LogP) is -0.903. The van der Waals surface area contributed by atoms with Crippen molar-refractivity contribution in [2.24, 2.45) is 5.84 Å². The smallest absolute Gasteiger partial charge is 0.320 e. The fourth-order valence-electron chi connectivity index (χ4n) is 0.790. The zero-order valence-corrected chi connectivity index (χ0v) is 7.77. The lowest BCUT2D eigenvalue weighted by Gasteiger charge is -2.04. The average molecular weight is 198 g/mol. The van der Waals surface area contributed by atoms with E-state index in [0.29, 0.717) is 0 Å². The van der Waals surface area contributed by atoms with Crippen molar-refractivity contribution in [1.29, 1.82) is 0 Å². The molecule has 1 heterocycles. The van der Waals surface area contributed by atoms with E-state index in [1.165, 1.54) is 20.3 Å². The van der Waals surface area contributed by atoms with Gasteiger partial charge in [-0.15, -0.1) is 0 Å². The fraction of sp³-hybridized carbons (Fsp3) is 0.286. The van der Waals surface area contributed by atoms with E-state index in [9.17, 15) is 4.79 Å². The summed E-state index contributed by atoms with van der Waals surface area (Å²) in [7, 11) is 2.81. The Labute approximate surface area is 80.2 Å². The molecule has 0 atom stereocenters. The van der Waals surface area contributed by atoms with Crippen LogP contribution in [0.3, 0.4) is 0 Å². The zero-order chi connectivity index (χ0) is 10.6. The molecule has 1 aromatic rings. The van der Waals surface area contributed by atoms with Crippen LogP contribution in [0.2, 0.25) is 0 Å². The number of hydrogen-bond donors (Lipinski definition) is 2. The normalized spacial score (nSPS) is 9.36. The van der Waals surface area contributed by atoms with Gasteiger partial charge < -0.3 is 9.47 Å². The molecule has 0 radical (unpaired) electrons. The van der Waals surface area contributed by atoms with Crippen molar-refractivity contribution in [2.75, 3.05) is 14.2 Å². The number of nitrogens with zero attached hydrogens (tertiary/aromatic N) is 2. The Hall–Kier alpha value is -1.89. The van der Waals surface area contributed by atoms with Gasteiger partial charge in [-0.05, 0) is 0 Å². The summed E-state index contributed by atoms with van der Waals surface area (Å²) in [6.07, 6.45) is 0. The molecule has 1 rings (SSSR count). The highest BCUT2D eigenvalue weighted by atomic mass is 16.5. The molecule has 0 fully saturated rings. The van der Waals surface area contributed by atoms with Gasteiger partial charge >= 0.3 is 6.01 Å². The van der Waals surface area contributed by atoms with E-state index in [1.54, 1.807) is 0 Å². The fourth-order valence-corrected chi connectivity index (χ4v) is 0.790. The summed E-state index contributed by atoms with van der Waals surface area (Å²) >= 11 is 0. The standard InChI is InChI=1S/C7H10N4O3/c1-13-5-3-4(6(12)11-8)9-7(10-5)14-2/h3H,8H2,1-2H3,(H,11,12). The van der Waals surface area contributed by atoms with E-state index in [2.05, 4.69) is 9.97 Å². The third-order valence-corrected chi connectivity index (χ3v) is 1.44. The Morgan fingerprint density at radius 2 is 2.14 bits per heavy atom. The van der Waals surface area contributed by atoms with Crippen molar-refractivity contribution in [1.82, 2.24) is 15.4 Å². The number of carbonyl (C=O) groups excluding carboxylic acids is 1. The first kappa shape index (κ1) is 10.2. The molecule has 14 heavy (non-hydrogen) atoms. The maximum atomic E-state index is 11.1. The number of nitrogens with two attached hydrogens (primary N) is 1. The minimum absolute atomic E-state index is 0.0444. The third-order valence-electron chi connectivity index (χ3n) is 1.44. The van der Waals surface area contributed by atoms with Crippen LogP contribution in [0.5, 0.6) is 11.9 Å². The van der Waals surface area contributed by atoms with Crippen LogP contribution >= 0.6 is 0 Å². The molecule has 3 N–H and O–H groups in total. The van der Waals surface area contributed by atoms with Crippen molar-refractivity contribution >= 4 is 5.91 Å². The van der Waals surface area contributed by atoms with Crippen LogP contribution in [0.15, 0.2) is 6.07 Å². The van der Waals surface area contributed by atoms with Crippen LogP contribution in [0.4, 0.5) is 0 Å². The predicted molar refractivity (Wildman–Crippen MR) is 46.8 cm³/mol. The van der Waals surface area contributed by atoms with Gasteiger partial charge in [0.1, 0.15) is 5.69 Å². The summed E-state index contributed by atoms with van der Waals surface area (Å²) < 4.78 is 9.61. The van der Waals surface area contributed by atoms with Crippen LogP contribution in [-0.2, 0) is 0 Å². The Morgan fingerprint density at radius 1 is 1.43 bits per heavy atom. The van der Waals surface area contributed by atoms with Gasteiger partial charge in [0.25, 0.3) is 5.91 Å². The maximum absolute atomic E-state index is 11.1. The Bertz CT molecular complexity index is 319. The van der Waals surface area contributed by atoms with Crippen molar-refractivity contribution < 1.29 is 14.3 Å². The van der Waals surface area contributed by atoms with E-state index in [1.807, 2.05) is 5.43 Å². The first-order valence-electron chi connectivity index (χ1n) is 3.69. The zero-order valence-electron chi connectivity index (χ0n) is 7.77. The molecule has 0 saturated heterocycles. The van der Waals surface area contributed by atoms with E-state index >= 15 is 0 Å². The number of carbonyl (C=O) groups is 1. The quantitative estimate of drug-likeness (QED) is 0.371. The van der Waals surface area contributed by atoms with Crippen LogP contribution in [0.25, 0.3) is 0 Å². The average Bonchev–Trinajstić information content (AvgIpc) is 2.27. The molecule has 1 aromatic heterocycles. The van der Waals surface area contributed by atoms with E-state index < -0.39 is 5.91 Å². The molecule has 0 aliphatic carbocycles. The van der Waals surface area contributed by atoms with Crippen molar-refractivity contribution in [3.63, 3.8) is 0 Å². The van der Waals surface area contributed by atoms with Gasteiger partial charge in [0.2, 0.25) is 5.88 Å². The highest BCUT2D eigenvalue weighted by Gasteiger charge is 2.10. The lowest BCUT2D eigenvalue weighted by atomic mass is 10.4. The second kappa shape index (κ2) is 4.38. The van der Waals surface area contributed by atoms with Gasteiger partial charge in [-0.25, -0.2) is 5.84 Å². The summed E-state index contributed by atoms with van der Waals surface area (Å²) in [4.78, 5) is 18.7. The highest BCUT2D eigenvalue weighted by Crippen LogP contribution is 2.12. The minimum Gasteiger partial charge on any atom is -0.481 e. The molecule has 0 aliphatic heterocycles. The van der Waals surface area contributed by atoms with Gasteiger partial charge in [-0.1, -0.05) is 0 Å². The monoisotopic (exact) mass is 198 g/mol. The molecule has 0 spiro atoms. The number of hydrogen-bond acceptors (Lipinski definition) is 6. The van der Waals surface area contributed by atoms with Crippen LogP contribution in [0.1, 0.15) is 10.5 Å². The molecule has 0 saturated carbocycles. The Kier molecular flexibility index (Phi) is 3.19. The first-order chi connectivity index (χ1) is 6.71. The summed E-state index contributed by atoms with van der Waals surface area (Å²) in [5.74, 6) is 4.64. The van der Waals surface area contributed by atoms with E-state index in [0.717, 1.165) is 0 Å². The molecule has 0 aromatic carbocycles. The summed E-state index contributed by atoms with van der Waals surface area (Å²) in [6.45, 7) is 0. The van der Waals surface area contributed by atoms with Crippen molar-refractivity contribution in [3.8, 4) is 11.9 Å². The maximum Gasteiger partial charge on any atom is 0.320 e. The summed E-state index contributed by atoms with van der Waals surface area (Å²) in [6, 6.07) is 1.40. The lowest BCUT2D eigenvalue weighted by molar-refractivity contribution is 0.0947. The number of aromatic nitrogens is 2. The topological polar surface area (TPSA) is 99.4 Å². The van der Waals surface area contributed by atoms with Crippen LogP contribution in [0, 0.1) is 0 Å². The van der Waals surface area contributed by atoms with Gasteiger partial charge in [-0.3, -0.25) is 10.2 Å². The second-order valence-corrected chi connectivity index (χ2v) is 2.26. The summed E-state index contributed by atoms with van der Waals surface area (Å²) in [5, 5.41) is 0. The number of nitrogens with one attached hydrogen (secondary N) is 1. The molecular weight excluding hydrogens is 188 g/mol. The Morgan fingerprint density at radius 3 is 2.64 bits per heavy atom. The Balaban J connectivity index is 3.10. The molecule has 0 aliphatic rings. The van der Waals surface area contributed by atoms with Crippen molar-refractivity contribution in [3.05, 3.63) is 11.8 Å². The van der Waals surface area contributed by atoms with Gasteiger partial charge in [0.05, 0.1) is 14.2 Å². The summed E-state index contributed by atoms with van der Waals surface area (Å²) in [5.41, 5.74) is 2.02. The molecule has 0 bridgehead atoms. The molecular formula is C7H10N4O3. The second-order valence-electron chi connectivity index (χ2n) is 2.26. The highest BCUT2D eigenvalue weighted by molar-refractivity contribution is 5.92. The molecule has 7 nitrogen and oxygen atoms in total. The number of rotatable bonds is 3.